The molecule has 0 spiro atoms. The maximum atomic E-state index is 12.3. The minimum Gasteiger partial charge on any atom is -0.550 e. The maximum Gasteiger partial charge on any atom is 1.00 e. The van der Waals surface area contributed by atoms with Gasteiger partial charge in [-0.2, -0.15) is 0 Å². The Morgan fingerprint density at radius 2 is 1.96 bits per heavy atom. The van der Waals surface area contributed by atoms with Gasteiger partial charge in [0.05, 0.1) is 12.1 Å². The van der Waals surface area contributed by atoms with E-state index < -0.39 is 11.4 Å². The summed E-state index contributed by atoms with van der Waals surface area (Å²) in [6, 6.07) is -0.318. The quantitative estimate of drug-likeness (QED) is 0.540. The standard InChI is InChI=1S/C16H26N2O4.Na/c1-15(2,3)13-10(5-6-11(19)18-13)17-12(20)9-16(14(21)22)7-4-8-16;/h10,13H,4-9H2,1-3H3,(H,17,20)(H,18,19)(H,21,22);/q;+1/p-1/t10-,13-;/m1./s1. The SMILES string of the molecule is CC(C)(C)[C@@H]1NC(=O)CC[C@H]1NC(=O)CC1(C(=O)[O-])CCC1.[Na+]. The van der Waals surface area contributed by atoms with E-state index in [2.05, 4.69) is 10.6 Å². The topological polar surface area (TPSA) is 98.3 Å². The van der Waals surface area contributed by atoms with Gasteiger partial charge in [0.2, 0.25) is 11.8 Å². The van der Waals surface area contributed by atoms with Crippen LogP contribution in [0.15, 0.2) is 0 Å². The molecule has 0 bridgehead atoms. The second-order valence-corrected chi connectivity index (χ2v) is 7.72. The van der Waals surface area contributed by atoms with Gasteiger partial charge < -0.3 is 20.5 Å². The van der Waals surface area contributed by atoms with Crippen molar-refractivity contribution in [1.29, 1.82) is 0 Å². The number of hydrogen-bond donors (Lipinski definition) is 2. The Balaban J connectivity index is 0.00000264. The molecule has 0 radical (unpaired) electrons. The number of piperidine rings is 1. The number of carboxylic acid groups (broad SMARTS) is 1. The van der Waals surface area contributed by atoms with Crippen LogP contribution in [0, 0.1) is 10.8 Å². The summed E-state index contributed by atoms with van der Waals surface area (Å²) in [5, 5.41) is 17.1. The van der Waals surface area contributed by atoms with Crippen molar-refractivity contribution < 1.29 is 49.0 Å². The molecule has 2 rings (SSSR count). The van der Waals surface area contributed by atoms with Gasteiger partial charge in [-0.1, -0.05) is 27.2 Å². The first-order valence-corrected chi connectivity index (χ1v) is 7.94. The molecule has 1 aliphatic carbocycles. The van der Waals surface area contributed by atoms with Crippen LogP contribution in [0.2, 0.25) is 0 Å². The van der Waals surface area contributed by atoms with Crippen LogP contribution in [0.3, 0.4) is 0 Å². The van der Waals surface area contributed by atoms with Crippen LogP contribution in [0.25, 0.3) is 0 Å². The Morgan fingerprint density at radius 1 is 1.35 bits per heavy atom. The molecule has 1 saturated carbocycles. The van der Waals surface area contributed by atoms with Gasteiger partial charge in [0.25, 0.3) is 0 Å². The van der Waals surface area contributed by atoms with E-state index in [1.807, 2.05) is 20.8 Å². The molecule has 1 aliphatic heterocycles. The molecule has 23 heavy (non-hydrogen) atoms. The van der Waals surface area contributed by atoms with E-state index >= 15 is 0 Å². The number of carboxylic acids is 1. The molecule has 0 aromatic heterocycles. The first kappa shape index (κ1) is 20.5. The summed E-state index contributed by atoms with van der Waals surface area (Å²) in [5.41, 5.74) is -1.17. The van der Waals surface area contributed by atoms with Gasteiger partial charge in [-0.05, 0) is 24.7 Å². The van der Waals surface area contributed by atoms with Crippen molar-refractivity contribution >= 4 is 17.8 Å². The van der Waals surface area contributed by atoms with Crippen LogP contribution in [-0.2, 0) is 14.4 Å². The van der Waals surface area contributed by atoms with Crippen LogP contribution in [-0.4, -0.2) is 29.9 Å². The van der Waals surface area contributed by atoms with Crippen molar-refractivity contribution in [3.05, 3.63) is 0 Å². The Bertz CT molecular complexity index is 483. The van der Waals surface area contributed by atoms with Crippen LogP contribution in [0.1, 0.15) is 59.3 Å². The predicted octanol–water partition coefficient (Wildman–Crippen LogP) is -2.89. The molecule has 0 aromatic carbocycles. The molecule has 7 heteroatoms. The first-order valence-electron chi connectivity index (χ1n) is 7.94. The molecule has 2 fully saturated rings. The summed E-state index contributed by atoms with van der Waals surface area (Å²) in [6.45, 7) is 6.03. The summed E-state index contributed by atoms with van der Waals surface area (Å²) >= 11 is 0. The molecule has 0 aromatic rings. The third kappa shape index (κ3) is 4.70. The summed E-state index contributed by atoms with van der Waals surface area (Å²) in [5.74, 6) is -1.40. The van der Waals surface area contributed by atoms with Gasteiger partial charge in [-0.25, -0.2) is 0 Å². The monoisotopic (exact) mass is 332 g/mol. The van der Waals surface area contributed by atoms with Crippen molar-refractivity contribution in [3.63, 3.8) is 0 Å². The average molecular weight is 332 g/mol. The van der Waals surface area contributed by atoms with Gasteiger partial charge in [-0.3, -0.25) is 9.59 Å². The summed E-state index contributed by atoms with van der Waals surface area (Å²) in [6.07, 6.45) is 2.77. The summed E-state index contributed by atoms with van der Waals surface area (Å²) in [4.78, 5) is 35.1. The maximum absolute atomic E-state index is 12.3. The van der Waals surface area contributed by atoms with Gasteiger partial charge in [0, 0.05) is 24.2 Å². The molecule has 0 unspecified atom stereocenters. The van der Waals surface area contributed by atoms with Crippen molar-refractivity contribution in [2.24, 2.45) is 10.8 Å². The predicted molar refractivity (Wildman–Crippen MR) is 78.5 cm³/mol. The van der Waals surface area contributed by atoms with E-state index in [1.54, 1.807) is 0 Å². The zero-order valence-electron chi connectivity index (χ0n) is 14.5. The number of hydrogen-bond acceptors (Lipinski definition) is 4. The number of rotatable bonds is 4. The second kappa shape index (κ2) is 7.53. The van der Waals surface area contributed by atoms with Crippen LogP contribution in [0.5, 0.6) is 0 Å². The zero-order valence-corrected chi connectivity index (χ0v) is 16.5. The average Bonchev–Trinajstić information content (AvgIpc) is 2.34. The fourth-order valence-corrected chi connectivity index (χ4v) is 3.40. The van der Waals surface area contributed by atoms with E-state index in [0.717, 1.165) is 6.42 Å². The molecule has 1 heterocycles. The fraction of sp³-hybridized carbons (Fsp3) is 0.812. The van der Waals surface area contributed by atoms with E-state index in [4.69, 9.17) is 0 Å². The third-order valence-corrected chi connectivity index (χ3v) is 4.92. The molecule has 124 valence electrons. The summed E-state index contributed by atoms with van der Waals surface area (Å²) < 4.78 is 0. The Kier molecular flexibility index (Phi) is 6.70. The molecule has 6 nitrogen and oxygen atoms in total. The number of carbonyl (C=O) groups excluding carboxylic acids is 3. The zero-order chi connectivity index (χ0) is 16.5. The van der Waals surface area contributed by atoms with Crippen molar-refractivity contribution in [1.82, 2.24) is 10.6 Å². The van der Waals surface area contributed by atoms with Gasteiger partial charge in [-0.15, -0.1) is 0 Å². The Hall–Kier alpha value is -0.590. The van der Waals surface area contributed by atoms with Crippen LogP contribution in [0.4, 0.5) is 0 Å². The number of amides is 2. The van der Waals surface area contributed by atoms with Crippen molar-refractivity contribution in [2.45, 2.75) is 71.4 Å². The molecule has 2 amide bonds. The Morgan fingerprint density at radius 3 is 2.39 bits per heavy atom. The summed E-state index contributed by atoms with van der Waals surface area (Å²) in [7, 11) is 0. The van der Waals surface area contributed by atoms with Crippen LogP contribution >= 0.6 is 0 Å². The fourth-order valence-electron chi connectivity index (χ4n) is 3.40. The number of nitrogens with one attached hydrogen (secondary N) is 2. The molecular weight excluding hydrogens is 307 g/mol. The molecule has 1 saturated heterocycles. The Labute approximate surface area is 159 Å². The molecule has 2 atom stereocenters. The van der Waals surface area contributed by atoms with Crippen LogP contribution < -0.4 is 45.3 Å². The normalized spacial score (nSPS) is 26.3. The van der Waals surface area contributed by atoms with Crippen molar-refractivity contribution in [3.8, 4) is 0 Å². The second-order valence-electron chi connectivity index (χ2n) is 7.72. The van der Waals surface area contributed by atoms with E-state index in [9.17, 15) is 19.5 Å². The van der Waals surface area contributed by atoms with Gasteiger partial charge in [0.15, 0.2) is 0 Å². The minimum absolute atomic E-state index is 0. The van der Waals surface area contributed by atoms with E-state index in [1.165, 1.54) is 0 Å². The van der Waals surface area contributed by atoms with E-state index in [-0.39, 0.29) is 65.3 Å². The minimum atomic E-state index is -1.13. The largest absolute Gasteiger partial charge is 1.00 e. The van der Waals surface area contributed by atoms with E-state index in [0.29, 0.717) is 25.7 Å². The number of aliphatic carboxylic acids is 1. The number of carbonyl (C=O) groups is 3. The molecule has 2 aliphatic rings. The molecular formula is C16H25N2NaO4. The van der Waals surface area contributed by atoms with Crippen molar-refractivity contribution in [2.75, 3.05) is 0 Å². The van der Waals surface area contributed by atoms with Gasteiger partial charge in [0.1, 0.15) is 0 Å². The van der Waals surface area contributed by atoms with Gasteiger partial charge >= 0.3 is 29.6 Å². The third-order valence-electron chi connectivity index (χ3n) is 4.92. The smallest absolute Gasteiger partial charge is 0.550 e. The molecule has 2 N–H and O–H groups in total. The first-order chi connectivity index (χ1) is 10.1.